The van der Waals surface area contributed by atoms with E-state index in [0.717, 1.165) is 27.1 Å². The van der Waals surface area contributed by atoms with Crippen molar-refractivity contribution in [3.8, 4) is 5.75 Å². The summed E-state index contributed by atoms with van der Waals surface area (Å²) in [5.74, 6) is 1.06. The number of benzene rings is 1. The monoisotopic (exact) mass is 371 g/mol. The van der Waals surface area contributed by atoms with Crippen LogP contribution in [-0.4, -0.2) is 12.9 Å². The summed E-state index contributed by atoms with van der Waals surface area (Å²) in [6.07, 6.45) is 1.52. The number of hydrogen-bond acceptors (Lipinski definition) is 3. The van der Waals surface area contributed by atoms with Crippen molar-refractivity contribution in [3.05, 3.63) is 33.5 Å². The number of methoxy groups -OCH3 is 1. The molecule has 0 heterocycles. The molecule has 0 aromatic heterocycles. The van der Waals surface area contributed by atoms with Crippen LogP contribution in [0.3, 0.4) is 0 Å². The second-order valence-corrected chi connectivity index (χ2v) is 6.67. The summed E-state index contributed by atoms with van der Waals surface area (Å²) < 4.78 is 5.96. The minimum Gasteiger partial charge on any atom is -0.497 e. The zero-order valence-electron chi connectivity index (χ0n) is 11.4. The van der Waals surface area contributed by atoms with Crippen molar-refractivity contribution in [3.63, 3.8) is 0 Å². The van der Waals surface area contributed by atoms with Gasteiger partial charge in [-0.25, -0.2) is 0 Å². The Balaban J connectivity index is 2.21. The molecule has 0 saturated carbocycles. The number of carbonyl (C=O) groups excluding carboxylic acids is 1. The average Bonchev–Trinajstić information content (AvgIpc) is 2.35. The molecule has 0 amide bonds. The van der Waals surface area contributed by atoms with Gasteiger partial charge >= 0.3 is 0 Å². The highest BCUT2D eigenvalue weighted by molar-refractivity contribution is 14.1. The summed E-state index contributed by atoms with van der Waals surface area (Å²) in [6.45, 7) is 4.26. The number of rotatable bonds is 3. The third-order valence-electron chi connectivity index (χ3n) is 3.19. The molecule has 102 valence electrons. The first-order valence-corrected chi connectivity index (χ1v) is 7.32. The van der Waals surface area contributed by atoms with Gasteiger partial charge in [-0.3, -0.25) is 4.79 Å². The van der Waals surface area contributed by atoms with Crippen molar-refractivity contribution in [2.75, 3.05) is 12.4 Å². The van der Waals surface area contributed by atoms with Crippen LogP contribution < -0.4 is 10.1 Å². The normalized spacial score (nSPS) is 18.4. The number of ketones is 1. The smallest absolute Gasteiger partial charge is 0.171 e. The zero-order chi connectivity index (χ0) is 14.0. The first kappa shape index (κ1) is 14.4. The molecule has 0 spiro atoms. The van der Waals surface area contributed by atoms with Crippen LogP contribution in [0.4, 0.5) is 5.69 Å². The number of nitrogens with one attached hydrogen (secondary N) is 1. The van der Waals surface area contributed by atoms with E-state index in [4.69, 9.17) is 4.74 Å². The summed E-state index contributed by atoms with van der Waals surface area (Å²) in [6, 6.07) is 7.74. The van der Waals surface area contributed by atoms with Crippen LogP contribution in [0.2, 0.25) is 0 Å². The van der Waals surface area contributed by atoms with Gasteiger partial charge in [-0.15, -0.1) is 0 Å². The van der Waals surface area contributed by atoms with Crippen molar-refractivity contribution < 1.29 is 9.53 Å². The molecular formula is C15H18INO2. The Morgan fingerprint density at radius 2 is 1.84 bits per heavy atom. The second-order valence-electron chi connectivity index (χ2n) is 5.59. The topological polar surface area (TPSA) is 38.3 Å². The molecule has 1 N–H and O–H groups in total. The van der Waals surface area contributed by atoms with Crippen molar-refractivity contribution in [2.24, 2.45) is 5.41 Å². The van der Waals surface area contributed by atoms with Crippen LogP contribution in [0.25, 0.3) is 0 Å². The molecule has 3 nitrogen and oxygen atoms in total. The summed E-state index contributed by atoms with van der Waals surface area (Å²) >= 11 is 2.15. The van der Waals surface area contributed by atoms with E-state index in [9.17, 15) is 4.79 Å². The molecule has 0 radical (unpaired) electrons. The lowest BCUT2D eigenvalue weighted by Gasteiger charge is -2.31. The van der Waals surface area contributed by atoms with Gasteiger partial charge in [-0.05, 0) is 58.7 Å². The molecule has 2 rings (SSSR count). The fourth-order valence-corrected chi connectivity index (χ4v) is 2.76. The molecule has 0 bridgehead atoms. The summed E-state index contributed by atoms with van der Waals surface area (Å²) in [7, 11) is 1.65. The highest BCUT2D eigenvalue weighted by Gasteiger charge is 2.31. The molecule has 4 heteroatoms. The van der Waals surface area contributed by atoms with E-state index in [-0.39, 0.29) is 11.2 Å². The molecular weight excluding hydrogens is 353 g/mol. The third-order valence-corrected chi connectivity index (χ3v) is 4.44. The maximum Gasteiger partial charge on any atom is 0.171 e. The Kier molecular flexibility index (Phi) is 4.18. The van der Waals surface area contributed by atoms with Gasteiger partial charge in [0.25, 0.3) is 0 Å². The number of Topliss-reactive ketones (excluding diaryl/α,β-unsaturated/α-hetero) is 1. The number of anilines is 1. The van der Waals surface area contributed by atoms with Crippen molar-refractivity contribution in [1.29, 1.82) is 0 Å². The Hall–Kier alpha value is -1.04. The molecule has 0 unspecified atom stereocenters. The van der Waals surface area contributed by atoms with E-state index in [0.29, 0.717) is 6.42 Å². The molecule has 1 aliphatic rings. The fraction of sp³-hybridized carbons (Fsp3) is 0.400. The minimum absolute atomic E-state index is 0.0283. The molecule has 0 fully saturated rings. The van der Waals surface area contributed by atoms with Gasteiger partial charge in [0, 0.05) is 17.8 Å². The number of allylic oxidation sites excluding steroid dienone is 2. The summed E-state index contributed by atoms with van der Waals surface area (Å²) in [5.41, 5.74) is 2.03. The SMILES string of the molecule is COc1ccc(NC2=C(I)C(=O)CC(C)(C)C2)cc1. The van der Waals surface area contributed by atoms with E-state index >= 15 is 0 Å². The van der Waals surface area contributed by atoms with Crippen molar-refractivity contribution in [1.82, 2.24) is 0 Å². The number of halogens is 1. The molecule has 1 aromatic carbocycles. The third kappa shape index (κ3) is 3.49. The van der Waals surface area contributed by atoms with Gasteiger partial charge in [0.1, 0.15) is 5.75 Å². The van der Waals surface area contributed by atoms with Gasteiger partial charge in [0.2, 0.25) is 0 Å². The van der Waals surface area contributed by atoms with Gasteiger partial charge in [0.05, 0.1) is 10.7 Å². The number of carbonyl (C=O) groups is 1. The Morgan fingerprint density at radius 3 is 2.42 bits per heavy atom. The van der Waals surface area contributed by atoms with E-state index in [2.05, 4.69) is 41.8 Å². The Bertz CT molecular complexity index is 517. The summed E-state index contributed by atoms with van der Waals surface area (Å²) in [5, 5.41) is 3.36. The van der Waals surface area contributed by atoms with E-state index < -0.39 is 0 Å². The summed E-state index contributed by atoms with van der Waals surface area (Å²) in [4.78, 5) is 12.0. The molecule has 0 atom stereocenters. The van der Waals surface area contributed by atoms with E-state index in [1.54, 1.807) is 7.11 Å². The predicted molar refractivity (Wildman–Crippen MR) is 85.7 cm³/mol. The van der Waals surface area contributed by atoms with Gasteiger partial charge in [-0.1, -0.05) is 13.8 Å². The van der Waals surface area contributed by atoms with Crippen LogP contribution in [0.1, 0.15) is 26.7 Å². The average molecular weight is 371 g/mol. The minimum atomic E-state index is 0.0283. The van der Waals surface area contributed by atoms with Crippen molar-refractivity contribution >= 4 is 34.1 Å². The first-order chi connectivity index (χ1) is 8.91. The molecule has 1 aromatic rings. The number of hydrogen-bond donors (Lipinski definition) is 1. The maximum absolute atomic E-state index is 12.0. The van der Waals surface area contributed by atoms with Crippen LogP contribution in [0.5, 0.6) is 5.75 Å². The van der Waals surface area contributed by atoms with Gasteiger partial charge in [-0.2, -0.15) is 0 Å². The molecule has 1 aliphatic carbocycles. The Morgan fingerprint density at radius 1 is 1.21 bits per heavy atom. The van der Waals surface area contributed by atoms with Crippen LogP contribution >= 0.6 is 22.6 Å². The lowest BCUT2D eigenvalue weighted by atomic mass is 9.79. The molecule has 0 aliphatic heterocycles. The molecule has 0 saturated heterocycles. The van der Waals surface area contributed by atoms with Gasteiger partial charge < -0.3 is 10.1 Å². The zero-order valence-corrected chi connectivity index (χ0v) is 13.6. The van der Waals surface area contributed by atoms with Crippen LogP contribution in [0, 0.1) is 5.41 Å². The quantitative estimate of drug-likeness (QED) is 0.812. The number of ether oxygens (including phenoxy) is 1. The van der Waals surface area contributed by atoms with Crippen LogP contribution in [-0.2, 0) is 4.79 Å². The van der Waals surface area contributed by atoms with E-state index in [1.165, 1.54) is 0 Å². The maximum atomic E-state index is 12.0. The highest BCUT2D eigenvalue weighted by Crippen LogP contribution is 2.39. The molecule has 19 heavy (non-hydrogen) atoms. The largest absolute Gasteiger partial charge is 0.497 e. The van der Waals surface area contributed by atoms with E-state index in [1.807, 2.05) is 24.3 Å². The highest BCUT2D eigenvalue weighted by atomic mass is 127. The Labute approximate surface area is 127 Å². The lowest BCUT2D eigenvalue weighted by Crippen LogP contribution is -2.26. The van der Waals surface area contributed by atoms with Gasteiger partial charge in [0.15, 0.2) is 5.78 Å². The standard InChI is InChI=1S/C15H18INO2/c1-15(2)8-12(14(16)13(18)9-15)17-10-4-6-11(19-3)7-5-10/h4-7,17H,8-9H2,1-3H3. The van der Waals surface area contributed by atoms with Crippen LogP contribution in [0.15, 0.2) is 33.5 Å². The lowest BCUT2D eigenvalue weighted by molar-refractivity contribution is -0.117. The first-order valence-electron chi connectivity index (χ1n) is 6.24. The fourth-order valence-electron chi connectivity index (χ4n) is 2.25. The predicted octanol–water partition coefficient (Wildman–Crippen LogP) is 4.14. The van der Waals surface area contributed by atoms with Crippen molar-refractivity contribution in [2.45, 2.75) is 26.7 Å². The second kappa shape index (κ2) is 5.53.